The predicted octanol–water partition coefficient (Wildman–Crippen LogP) is 4.44. The molecule has 172 valence electrons. The first-order chi connectivity index (χ1) is 16.3. The van der Waals surface area contributed by atoms with E-state index in [2.05, 4.69) is 44.1 Å². The van der Waals surface area contributed by atoms with E-state index in [0.29, 0.717) is 17.9 Å². The van der Waals surface area contributed by atoms with E-state index >= 15 is 4.39 Å². The van der Waals surface area contributed by atoms with Crippen molar-refractivity contribution in [1.82, 2.24) is 34.9 Å². The molecule has 2 atom stereocenters. The van der Waals surface area contributed by atoms with Crippen LogP contribution in [0.3, 0.4) is 0 Å². The smallest absolute Gasteiger partial charge is 0.220 e. The van der Waals surface area contributed by atoms with E-state index < -0.39 is 28.3 Å². The van der Waals surface area contributed by atoms with Crippen LogP contribution in [0, 0.1) is 29.8 Å². The Hall–Kier alpha value is -3.69. The van der Waals surface area contributed by atoms with Gasteiger partial charge in [0, 0.05) is 0 Å². The van der Waals surface area contributed by atoms with Crippen LogP contribution in [0.15, 0.2) is 36.8 Å². The number of fused-ring (bicyclic) bond motifs is 5. The van der Waals surface area contributed by atoms with Gasteiger partial charge in [-0.25, -0.2) is 28.1 Å². The van der Waals surface area contributed by atoms with Gasteiger partial charge in [-0.3, -0.25) is 0 Å². The molecule has 4 aromatic rings. The first-order valence-corrected chi connectivity index (χ1v) is 11.0. The van der Waals surface area contributed by atoms with Gasteiger partial charge in [-0.2, -0.15) is 14.9 Å². The molecule has 0 amide bonds. The van der Waals surface area contributed by atoms with Crippen LogP contribution in [0.2, 0.25) is 0 Å². The van der Waals surface area contributed by atoms with Gasteiger partial charge in [0.05, 0.1) is 34.3 Å². The maximum absolute atomic E-state index is 15.4. The van der Waals surface area contributed by atoms with Crippen LogP contribution in [0.25, 0.3) is 17.2 Å². The molecule has 34 heavy (non-hydrogen) atoms. The van der Waals surface area contributed by atoms with Crippen molar-refractivity contribution in [2.75, 3.05) is 0 Å². The summed E-state index contributed by atoms with van der Waals surface area (Å²) in [6.07, 6.45) is 3.90. The van der Waals surface area contributed by atoms with Gasteiger partial charge in [-0.1, -0.05) is 19.9 Å². The lowest BCUT2D eigenvalue weighted by atomic mass is 9.66. The Morgan fingerprint density at radius 2 is 1.76 bits per heavy atom. The lowest BCUT2D eigenvalue weighted by Gasteiger charge is -2.37. The molecule has 1 aromatic carbocycles. The Morgan fingerprint density at radius 3 is 2.47 bits per heavy atom. The Labute approximate surface area is 193 Å². The van der Waals surface area contributed by atoms with E-state index in [1.54, 1.807) is 13.0 Å². The second kappa shape index (κ2) is 6.91. The fourth-order valence-electron chi connectivity index (χ4n) is 5.97. The van der Waals surface area contributed by atoms with Crippen molar-refractivity contribution in [2.45, 2.75) is 44.9 Å². The number of halogens is 3. The van der Waals surface area contributed by atoms with Crippen molar-refractivity contribution in [2.24, 2.45) is 5.41 Å². The zero-order valence-electron chi connectivity index (χ0n) is 18.7. The van der Waals surface area contributed by atoms with Crippen molar-refractivity contribution in [3.63, 3.8) is 0 Å². The summed E-state index contributed by atoms with van der Waals surface area (Å²) in [5.74, 6) is -1.18. The molecule has 2 aliphatic carbocycles. The van der Waals surface area contributed by atoms with Crippen LogP contribution in [0.1, 0.15) is 55.4 Å². The van der Waals surface area contributed by atoms with Crippen molar-refractivity contribution in [1.29, 1.82) is 0 Å². The molecule has 0 saturated heterocycles. The highest BCUT2D eigenvalue weighted by atomic mass is 19.1. The molecule has 0 unspecified atom stereocenters. The van der Waals surface area contributed by atoms with Crippen LogP contribution in [0.5, 0.6) is 0 Å². The van der Waals surface area contributed by atoms with Gasteiger partial charge in [0.25, 0.3) is 5.95 Å². The fraction of sp³-hybridized carbons (Fsp3) is 0.333. The predicted molar refractivity (Wildman–Crippen MR) is 116 cm³/mol. The summed E-state index contributed by atoms with van der Waals surface area (Å²) < 4.78 is 45.7. The lowest BCUT2D eigenvalue weighted by molar-refractivity contribution is 0.235. The maximum Gasteiger partial charge on any atom is 0.252 e. The average Bonchev–Trinajstić information content (AvgIpc) is 3.40. The summed E-state index contributed by atoms with van der Waals surface area (Å²) in [6, 6.07) is 5.38. The van der Waals surface area contributed by atoms with Crippen LogP contribution in [-0.2, 0) is 5.41 Å². The average molecular weight is 463 g/mol. The fourth-order valence-corrected chi connectivity index (χ4v) is 5.97. The third-order valence-corrected chi connectivity index (χ3v) is 7.64. The van der Waals surface area contributed by atoms with Crippen molar-refractivity contribution in [3.8, 4) is 17.2 Å². The standard InChI is InChI=1S/C24H20F3N7/c1-12-29-11-30-34(12)22-28-10-17(27)21(31-22)24-8-7-14(23(24,2)3)13-9-18(32-33-20(13)24)19-15(25)5-4-6-16(19)26/h4-6,9-11,14H,7-8H2,1-3H3/t14-,24-/m0/s1. The molecular weight excluding hydrogens is 443 g/mol. The molecule has 10 heteroatoms. The number of hydrogen-bond donors (Lipinski definition) is 0. The molecule has 0 aliphatic heterocycles. The zero-order valence-corrected chi connectivity index (χ0v) is 18.7. The second-order valence-electron chi connectivity index (χ2n) is 9.43. The molecule has 0 N–H and O–H groups in total. The maximum atomic E-state index is 15.4. The van der Waals surface area contributed by atoms with Gasteiger partial charge in [-0.05, 0) is 54.9 Å². The van der Waals surface area contributed by atoms with Crippen LogP contribution in [0.4, 0.5) is 13.2 Å². The number of aromatic nitrogens is 7. The third-order valence-electron chi connectivity index (χ3n) is 7.64. The number of rotatable bonds is 3. The summed E-state index contributed by atoms with van der Waals surface area (Å²) in [7, 11) is 0. The largest absolute Gasteiger partial charge is 0.252 e. The minimum absolute atomic E-state index is 0.00231. The SMILES string of the molecule is Cc1ncnn1-c1ncc(F)c([C@]23CC[C@@H](c4cc(-c5c(F)cccc5F)nnc42)C3(C)C)n1. The van der Waals surface area contributed by atoms with Gasteiger partial charge in [0.15, 0.2) is 5.82 Å². The van der Waals surface area contributed by atoms with E-state index in [0.717, 1.165) is 18.2 Å². The minimum Gasteiger partial charge on any atom is -0.220 e. The molecule has 7 nitrogen and oxygen atoms in total. The summed E-state index contributed by atoms with van der Waals surface area (Å²) in [5, 5.41) is 12.8. The van der Waals surface area contributed by atoms with Gasteiger partial charge in [-0.15, -0.1) is 5.10 Å². The van der Waals surface area contributed by atoms with Crippen LogP contribution >= 0.6 is 0 Å². The first-order valence-electron chi connectivity index (χ1n) is 11.0. The Morgan fingerprint density at radius 1 is 1.00 bits per heavy atom. The molecule has 0 radical (unpaired) electrons. The highest BCUT2D eigenvalue weighted by molar-refractivity contribution is 5.64. The van der Waals surface area contributed by atoms with E-state index in [1.165, 1.54) is 29.2 Å². The molecule has 1 saturated carbocycles. The molecule has 1 fully saturated rings. The van der Waals surface area contributed by atoms with E-state index in [1.807, 2.05) is 0 Å². The quantitative estimate of drug-likeness (QED) is 0.447. The summed E-state index contributed by atoms with van der Waals surface area (Å²) in [5.41, 5.74) is 0.189. The van der Waals surface area contributed by atoms with Crippen LogP contribution < -0.4 is 0 Å². The van der Waals surface area contributed by atoms with E-state index in [-0.39, 0.29) is 28.8 Å². The van der Waals surface area contributed by atoms with E-state index in [9.17, 15) is 8.78 Å². The topological polar surface area (TPSA) is 82.3 Å². The number of hydrogen-bond acceptors (Lipinski definition) is 6. The molecule has 0 spiro atoms. The first kappa shape index (κ1) is 20.9. The normalized spacial score (nSPS) is 22.2. The minimum atomic E-state index is -0.872. The second-order valence-corrected chi connectivity index (χ2v) is 9.43. The molecule has 3 aromatic heterocycles. The summed E-state index contributed by atoms with van der Waals surface area (Å²) in [4.78, 5) is 12.8. The molecule has 3 heterocycles. The van der Waals surface area contributed by atoms with Gasteiger partial charge in [0.1, 0.15) is 23.8 Å². The highest BCUT2D eigenvalue weighted by Crippen LogP contribution is 2.69. The van der Waals surface area contributed by atoms with Gasteiger partial charge < -0.3 is 0 Å². The molecule has 2 bridgehead atoms. The number of nitrogens with zero attached hydrogens (tertiary/aromatic N) is 7. The van der Waals surface area contributed by atoms with Crippen molar-refractivity contribution in [3.05, 3.63) is 77.0 Å². The summed E-state index contributed by atoms with van der Waals surface area (Å²) in [6.45, 7) is 5.86. The monoisotopic (exact) mass is 463 g/mol. The number of benzene rings is 1. The zero-order chi connectivity index (χ0) is 23.8. The van der Waals surface area contributed by atoms with Crippen LogP contribution in [-0.4, -0.2) is 34.9 Å². The molecular formula is C24H20F3N7. The van der Waals surface area contributed by atoms with Gasteiger partial charge in [0.2, 0.25) is 0 Å². The summed E-state index contributed by atoms with van der Waals surface area (Å²) >= 11 is 0. The van der Waals surface area contributed by atoms with Gasteiger partial charge >= 0.3 is 0 Å². The molecule has 2 aliphatic rings. The lowest BCUT2D eigenvalue weighted by Crippen LogP contribution is -2.39. The Balaban J connectivity index is 1.57. The van der Waals surface area contributed by atoms with Crippen molar-refractivity contribution < 1.29 is 13.2 Å². The highest BCUT2D eigenvalue weighted by Gasteiger charge is 2.66. The third kappa shape index (κ3) is 2.53. The van der Waals surface area contributed by atoms with E-state index in [4.69, 9.17) is 0 Å². The Kier molecular flexibility index (Phi) is 4.24. The van der Waals surface area contributed by atoms with Crippen molar-refractivity contribution >= 4 is 0 Å². The molecule has 6 rings (SSSR count). The Bertz CT molecular complexity index is 1440. The number of aryl methyl sites for hydroxylation is 1.